The predicted octanol–water partition coefficient (Wildman–Crippen LogP) is 3.05. The summed E-state index contributed by atoms with van der Waals surface area (Å²) in [7, 11) is -6.00. The van der Waals surface area contributed by atoms with Crippen molar-refractivity contribution in [3.63, 3.8) is 0 Å². The highest BCUT2D eigenvalue weighted by atomic mass is 19.5. The number of nitrogens with zero attached hydrogens (tertiary/aromatic N) is 1. The van der Waals surface area contributed by atoms with Crippen molar-refractivity contribution in [1.29, 1.82) is 0 Å². The molecule has 0 fully saturated rings. The van der Waals surface area contributed by atoms with Gasteiger partial charge in [0.05, 0.1) is 0 Å². The molecule has 1 nitrogen and oxygen atoms in total. The van der Waals surface area contributed by atoms with Gasteiger partial charge in [-0.25, -0.2) is 0 Å². The van der Waals surface area contributed by atoms with Crippen LogP contribution >= 0.6 is 0 Å². The first-order valence-corrected chi connectivity index (χ1v) is 4.69. The van der Waals surface area contributed by atoms with Crippen molar-refractivity contribution in [3.8, 4) is 0 Å². The fraction of sp³-hybridized carbons (Fsp3) is 0.444. The molecule has 7 heteroatoms. The van der Waals surface area contributed by atoms with Crippen LogP contribution in [0.4, 0.5) is 21.7 Å². The van der Waals surface area contributed by atoms with Crippen LogP contribution in [-0.2, 0) is 6.54 Å². The van der Waals surface area contributed by atoms with E-state index in [2.05, 4.69) is 0 Å². The lowest BCUT2D eigenvalue weighted by atomic mass is 10.2. The highest BCUT2D eigenvalue weighted by Crippen LogP contribution is 2.06. The van der Waals surface area contributed by atoms with Crippen molar-refractivity contribution in [2.75, 3.05) is 0 Å². The highest BCUT2D eigenvalue weighted by Gasteiger charge is 2.20. The van der Waals surface area contributed by atoms with Crippen LogP contribution in [0.1, 0.15) is 18.2 Å². The van der Waals surface area contributed by atoms with E-state index in [4.69, 9.17) is 0 Å². The average Bonchev–Trinajstić information content (AvgIpc) is 1.99. The van der Waals surface area contributed by atoms with Gasteiger partial charge in [0.25, 0.3) is 0 Å². The van der Waals surface area contributed by atoms with Crippen LogP contribution in [0.15, 0.2) is 12.1 Å². The van der Waals surface area contributed by atoms with Gasteiger partial charge in [0, 0.05) is 19.1 Å². The second-order valence-corrected chi connectivity index (χ2v) is 3.24. The molecule has 92 valence electrons. The maximum atomic E-state index is 13.1. The van der Waals surface area contributed by atoms with Gasteiger partial charge >= 0.3 is 13.2 Å². The number of aromatic nitrogens is 1. The van der Waals surface area contributed by atoms with E-state index < -0.39 is 7.25 Å². The van der Waals surface area contributed by atoms with Gasteiger partial charge < -0.3 is 17.3 Å². The van der Waals surface area contributed by atoms with Gasteiger partial charge in [-0.05, 0) is 19.4 Å². The maximum absolute atomic E-state index is 13.1. The van der Waals surface area contributed by atoms with Gasteiger partial charge in [0.1, 0.15) is 6.54 Å². The van der Waals surface area contributed by atoms with E-state index in [9.17, 15) is 21.7 Å². The topological polar surface area (TPSA) is 3.88 Å². The molecule has 0 bridgehead atoms. The van der Waals surface area contributed by atoms with Crippen LogP contribution in [0.3, 0.4) is 0 Å². The van der Waals surface area contributed by atoms with Crippen molar-refractivity contribution < 1.29 is 26.2 Å². The van der Waals surface area contributed by atoms with Crippen LogP contribution in [-0.4, -0.2) is 7.25 Å². The molecule has 1 heterocycles. The minimum absolute atomic E-state index is 0.148. The van der Waals surface area contributed by atoms with Crippen molar-refractivity contribution in [3.05, 3.63) is 29.3 Å². The summed E-state index contributed by atoms with van der Waals surface area (Å²) in [5.74, 6) is -0.148. The van der Waals surface area contributed by atoms with Crippen LogP contribution in [0.2, 0.25) is 0 Å². The van der Waals surface area contributed by atoms with Gasteiger partial charge in [-0.2, -0.15) is 4.57 Å². The Kier molecular flexibility index (Phi) is 5.40. The number of pyridine rings is 1. The Morgan fingerprint density at radius 2 is 1.56 bits per heavy atom. The highest BCUT2D eigenvalue weighted by molar-refractivity contribution is 6.50. The zero-order valence-electron chi connectivity index (χ0n) is 9.28. The lowest BCUT2D eigenvalue weighted by molar-refractivity contribution is -0.726. The van der Waals surface area contributed by atoms with E-state index in [1.807, 2.05) is 26.8 Å². The van der Waals surface area contributed by atoms with E-state index in [1.165, 1.54) is 0 Å². The fourth-order valence-electron chi connectivity index (χ4n) is 1.28. The Labute approximate surface area is 91.0 Å². The molecule has 0 atom stereocenters. The number of rotatable bonds is 1. The molecule has 0 aromatic carbocycles. The van der Waals surface area contributed by atoms with Crippen molar-refractivity contribution in [1.82, 2.24) is 0 Å². The summed E-state index contributed by atoms with van der Waals surface area (Å²) in [6.45, 7) is 6.44. The van der Waals surface area contributed by atoms with E-state index in [0.29, 0.717) is 6.54 Å². The molecule has 1 rings (SSSR count). The molecule has 0 saturated carbocycles. The molecule has 0 radical (unpaired) electrons. The summed E-state index contributed by atoms with van der Waals surface area (Å²) >= 11 is 0. The summed E-state index contributed by atoms with van der Waals surface area (Å²) in [6.07, 6.45) is 0. The van der Waals surface area contributed by atoms with Gasteiger partial charge in [0.2, 0.25) is 0 Å². The molecule has 0 N–H and O–H groups in total. The second-order valence-electron chi connectivity index (χ2n) is 3.24. The number of hydrogen-bond acceptors (Lipinski definition) is 0. The molecule has 0 amide bonds. The monoisotopic (exact) mass is 241 g/mol. The minimum Gasteiger partial charge on any atom is -0.418 e. The van der Waals surface area contributed by atoms with E-state index in [1.54, 1.807) is 10.6 Å². The van der Waals surface area contributed by atoms with E-state index >= 15 is 0 Å². The molecule has 1 aromatic heterocycles. The zero-order chi connectivity index (χ0) is 12.9. The van der Waals surface area contributed by atoms with Gasteiger partial charge in [0.15, 0.2) is 5.69 Å². The van der Waals surface area contributed by atoms with Crippen molar-refractivity contribution in [2.45, 2.75) is 27.3 Å². The van der Waals surface area contributed by atoms with Crippen molar-refractivity contribution in [2.24, 2.45) is 0 Å². The van der Waals surface area contributed by atoms with Crippen LogP contribution in [0, 0.1) is 19.8 Å². The Balaban J connectivity index is 0.000000385. The average molecular weight is 241 g/mol. The van der Waals surface area contributed by atoms with Gasteiger partial charge in [-0.1, -0.05) is 0 Å². The second kappa shape index (κ2) is 5.82. The van der Waals surface area contributed by atoms with Gasteiger partial charge in [-0.3, -0.25) is 0 Å². The summed E-state index contributed by atoms with van der Waals surface area (Å²) in [6, 6.07) is 3.53. The lowest BCUT2D eigenvalue weighted by Crippen LogP contribution is -2.40. The molecule has 0 unspecified atom stereocenters. The molecule has 1 aromatic rings. The third-order valence-corrected chi connectivity index (χ3v) is 1.78. The smallest absolute Gasteiger partial charge is 0.418 e. The fourth-order valence-corrected chi connectivity index (χ4v) is 1.28. The molecule has 0 aliphatic carbocycles. The first-order valence-electron chi connectivity index (χ1n) is 4.69. The van der Waals surface area contributed by atoms with Crippen LogP contribution in [0.25, 0.3) is 0 Å². The summed E-state index contributed by atoms with van der Waals surface area (Å²) in [5, 5.41) is 0. The minimum atomic E-state index is -6.00. The Morgan fingerprint density at radius 3 is 1.88 bits per heavy atom. The number of hydrogen-bond donors (Lipinski definition) is 0. The van der Waals surface area contributed by atoms with Crippen molar-refractivity contribution >= 4 is 7.25 Å². The Hall–Kier alpha value is -1.14. The molecular formula is C9H13BF5N. The first kappa shape index (κ1) is 14.9. The maximum Gasteiger partial charge on any atom is 0.673 e. The molecule has 0 aliphatic rings. The SMILES string of the molecule is CC[n+]1c(C)cc(C)cc1F.F[B-](F)(F)F. The summed E-state index contributed by atoms with van der Waals surface area (Å²) in [4.78, 5) is 0. The Morgan fingerprint density at radius 1 is 1.12 bits per heavy atom. The molecule has 0 spiro atoms. The van der Waals surface area contributed by atoms with E-state index in [-0.39, 0.29) is 5.95 Å². The normalized spacial score (nSPS) is 10.8. The largest absolute Gasteiger partial charge is 0.673 e. The van der Waals surface area contributed by atoms with Gasteiger partial charge in [-0.15, -0.1) is 4.39 Å². The molecule has 16 heavy (non-hydrogen) atoms. The Bertz CT molecular complexity index is 321. The third-order valence-electron chi connectivity index (χ3n) is 1.78. The quantitative estimate of drug-likeness (QED) is 0.308. The number of aryl methyl sites for hydroxylation is 2. The van der Waals surface area contributed by atoms with E-state index in [0.717, 1.165) is 11.3 Å². The summed E-state index contributed by atoms with van der Waals surface area (Å²) in [5.41, 5.74) is 1.95. The lowest BCUT2D eigenvalue weighted by Gasteiger charge is -1.98. The zero-order valence-corrected chi connectivity index (χ0v) is 9.28. The third kappa shape index (κ3) is 6.37. The molecule has 0 aliphatic heterocycles. The predicted molar refractivity (Wildman–Crippen MR) is 51.9 cm³/mol. The van der Waals surface area contributed by atoms with Crippen LogP contribution in [0.5, 0.6) is 0 Å². The number of halogens is 5. The standard InChI is InChI=1S/C9H13FN.BF4/c1-4-11-8(3)5-7(2)6-9(11)10;2-1(3,4)5/h5-6H,4H2,1-3H3;/q+1;-1. The summed E-state index contributed by atoms with van der Waals surface area (Å²) < 4.78 is 53.7. The molecular weight excluding hydrogens is 228 g/mol. The van der Waals surface area contributed by atoms with Crippen LogP contribution < -0.4 is 4.57 Å². The first-order chi connectivity index (χ1) is 7.15. The molecule has 0 saturated heterocycles.